The zero-order valence-electron chi connectivity index (χ0n) is 9.39. The lowest BCUT2D eigenvalue weighted by atomic mass is 10.4. The number of nitrogens with zero attached hydrogens (tertiary/aromatic N) is 3. The highest BCUT2D eigenvalue weighted by atomic mass is 79.9. The molecule has 0 aliphatic heterocycles. The van der Waals surface area contributed by atoms with E-state index in [1.807, 2.05) is 4.68 Å². The molecule has 84 valence electrons. The van der Waals surface area contributed by atoms with Crippen molar-refractivity contribution in [1.29, 1.82) is 0 Å². The molecule has 1 aromatic heterocycles. The second-order valence-corrected chi connectivity index (χ2v) is 10.1. The van der Waals surface area contributed by atoms with Crippen LogP contribution in [0.2, 0.25) is 13.1 Å². The summed E-state index contributed by atoms with van der Waals surface area (Å²) in [6.45, 7) is 4.69. The molecule has 0 spiro atoms. The number of rotatable bonds is 3. The van der Waals surface area contributed by atoms with E-state index in [0.717, 1.165) is 10.6 Å². The Morgan fingerprint density at radius 1 is 1.25 bits per heavy atom. The SMILES string of the molecule is C[Si](C)(Cn1cncn1)c1ccc(Br)cc1. The molecule has 0 fully saturated rings. The van der Waals surface area contributed by atoms with Crippen molar-refractivity contribution in [2.24, 2.45) is 0 Å². The summed E-state index contributed by atoms with van der Waals surface area (Å²) in [5, 5.41) is 5.61. The fourth-order valence-corrected chi connectivity index (χ4v) is 4.20. The highest BCUT2D eigenvalue weighted by molar-refractivity contribution is 9.10. The Labute approximate surface area is 105 Å². The third kappa shape index (κ3) is 2.59. The van der Waals surface area contributed by atoms with E-state index in [1.165, 1.54) is 5.19 Å². The van der Waals surface area contributed by atoms with E-state index >= 15 is 0 Å². The molecule has 0 saturated heterocycles. The predicted molar refractivity (Wildman–Crippen MR) is 71.3 cm³/mol. The maximum Gasteiger partial charge on any atom is 0.137 e. The van der Waals surface area contributed by atoms with Crippen LogP contribution in [-0.4, -0.2) is 22.8 Å². The van der Waals surface area contributed by atoms with Gasteiger partial charge in [-0.2, -0.15) is 5.10 Å². The van der Waals surface area contributed by atoms with Crippen molar-refractivity contribution in [2.75, 3.05) is 0 Å². The number of hydrogen-bond acceptors (Lipinski definition) is 2. The highest BCUT2D eigenvalue weighted by Crippen LogP contribution is 2.10. The van der Waals surface area contributed by atoms with Crippen LogP contribution in [0.1, 0.15) is 0 Å². The van der Waals surface area contributed by atoms with Gasteiger partial charge in [0.2, 0.25) is 0 Å². The van der Waals surface area contributed by atoms with Gasteiger partial charge < -0.3 is 0 Å². The highest BCUT2D eigenvalue weighted by Gasteiger charge is 2.24. The molecule has 0 N–H and O–H groups in total. The quantitative estimate of drug-likeness (QED) is 0.813. The van der Waals surface area contributed by atoms with Gasteiger partial charge in [0.25, 0.3) is 0 Å². The lowest BCUT2D eigenvalue weighted by molar-refractivity contribution is 0.725. The molecule has 16 heavy (non-hydrogen) atoms. The van der Waals surface area contributed by atoms with Crippen molar-refractivity contribution in [2.45, 2.75) is 19.3 Å². The van der Waals surface area contributed by atoms with Gasteiger partial charge in [-0.3, -0.25) is 4.68 Å². The monoisotopic (exact) mass is 295 g/mol. The van der Waals surface area contributed by atoms with E-state index in [2.05, 4.69) is 63.4 Å². The maximum absolute atomic E-state index is 4.18. The maximum atomic E-state index is 4.18. The Morgan fingerprint density at radius 2 is 1.94 bits per heavy atom. The summed E-state index contributed by atoms with van der Waals surface area (Å²) in [6.07, 6.45) is 4.34. The van der Waals surface area contributed by atoms with E-state index < -0.39 is 8.07 Å². The first-order chi connectivity index (χ1) is 7.58. The Morgan fingerprint density at radius 3 is 2.50 bits per heavy atom. The van der Waals surface area contributed by atoms with Crippen LogP contribution in [-0.2, 0) is 6.17 Å². The first-order valence-corrected chi connectivity index (χ1v) is 9.16. The van der Waals surface area contributed by atoms with Gasteiger partial charge in [0.1, 0.15) is 20.7 Å². The van der Waals surface area contributed by atoms with Gasteiger partial charge in [-0.05, 0) is 12.1 Å². The van der Waals surface area contributed by atoms with E-state index in [4.69, 9.17) is 0 Å². The predicted octanol–water partition coefficient (Wildman–Crippen LogP) is 2.20. The van der Waals surface area contributed by atoms with Gasteiger partial charge >= 0.3 is 0 Å². The Kier molecular flexibility index (Phi) is 3.25. The van der Waals surface area contributed by atoms with Crippen LogP contribution in [0.25, 0.3) is 0 Å². The fourth-order valence-electron chi connectivity index (χ4n) is 1.71. The van der Waals surface area contributed by atoms with Gasteiger partial charge in [0.15, 0.2) is 0 Å². The van der Waals surface area contributed by atoms with Crippen molar-refractivity contribution >= 4 is 29.2 Å². The standard InChI is InChI=1S/C11H14BrN3Si/c1-16(2,9-15-8-13-7-14-15)11-5-3-10(12)4-6-11/h3-8H,9H2,1-2H3. The number of benzene rings is 1. The molecule has 2 aromatic rings. The average Bonchev–Trinajstić information content (AvgIpc) is 2.70. The van der Waals surface area contributed by atoms with Gasteiger partial charge in [-0.1, -0.05) is 46.3 Å². The first kappa shape index (κ1) is 11.5. The minimum absolute atomic E-state index is 0.967. The first-order valence-electron chi connectivity index (χ1n) is 5.16. The summed E-state index contributed by atoms with van der Waals surface area (Å²) in [7, 11) is -1.47. The topological polar surface area (TPSA) is 30.7 Å². The van der Waals surface area contributed by atoms with Gasteiger partial charge in [-0.25, -0.2) is 4.98 Å². The van der Waals surface area contributed by atoms with Crippen molar-refractivity contribution in [3.63, 3.8) is 0 Å². The summed E-state index contributed by atoms with van der Waals surface area (Å²) in [5.41, 5.74) is 0. The molecule has 0 bridgehead atoms. The normalized spacial score (nSPS) is 11.7. The van der Waals surface area contributed by atoms with Crippen molar-refractivity contribution in [3.05, 3.63) is 41.4 Å². The second kappa shape index (κ2) is 4.51. The van der Waals surface area contributed by atoms with E-state index in [9.17, 15) is 0 Å². The van der Waals surface area contributed by atoms with E-state index in [1.54, 1.807) is 12.7 Å². The summed E-state index contributed by atoms with van der Waals surface area (Å²) < 4.78 is 3.05. The van der Waals surface area contributed by atoms with Gasteiger partial charge in [0.05, 0.1) is 0 Å². The zero-order valence-corrected chi connectivity index (χ0v) is 12.0. The van der Waals surface area contributed by atoms with Crippen LogP contribution in [0, 0.1) is 0 Å². The van der Waals surface area contributed by atoms with Gasteiger partial charge in [0, 0.05) is 10.6 Å². The summed E-state index contributed by atoms with van der Waals surface area (Å²) >= 11 is 3.46. The van der Waals surface area contributed by atoms with Crippen LogP contribution in [0.5, 0.6) is 0 Å². The molecule has 0 unspecified atom stereocenters. The lowest BCUT2D eigenvalue weighted by Gasteiger charge is -2.22. The zero-order chi connectivity index (χ0) is 11.6. The Bertz CT molecular complexity index is 451. The molecule has 5 heteroatoms. The Hall–Kier alpha value is -0.943. The molecule has 1 heterocycles. The largest absolute Gasteiger partial charge is 0.256 e. The summed E-state index contributed by atoms with van der Waals surface area (Å²) in [5.74, 6) is 0. The molecule has 2 rings (SSSR count). The minimum atomic E-state index is -1.47. The number of aromatic nitrogens is 3. The fraction of sp³-hybridized carbons (Fsp3) is 0.273. The van der Waals surface area contributed by atoms with Crippen LogP contribution >= 0.6 is 15.9 Å². The van der Waals surface area contributed by atoms with E-state index in [0.29, 0.717) is 0 Å². The van der Waals surface area contributed by atoms with Gasteiger partial charge in [-0.15, -0.1) is 0 Å². The Balaban J connectivity index is 2.21. The second-order valence-electron chi connectivity index (χ2n) is 4.48. The van der Waals surface area contributed by atoms with Crippen molar-refractivity contribution in [1.82, 2.24) is 14.8 Å². The summed E-state index contributed by atoms with van der Waals surface area (Å²) in [6, 6.07) is 8.61. The molecule has 0 saturated carbocycles. The van der Waals surface area contributed by atoms with Crippen LogP contribution < -0.4 is 5.19 Å². The third-order valence-corrected chi connectivity index (χ3v) is 6.19. The molecule has 0 radical (unpaired) electrons. The lowest BCUT2D eigenvalue weighted by Crippen LogP contribution is -2.45. The van der Waals surface area contributed by atoms with Crippen molar-refractivity contribution in [3.8, 4) is 0 Å². The smallest absolute Gasteiger partial charge is 0.137 e. The molecule has 1 aromatic carbocycles. The summed E-state index contributed by atoms with van der Waals surface area (Å²) in [4.78, 5) is 3.98. The molecular weight excluding hydrogens is 282 g/mol. The molecular formula is C11H14BrN3Si. The average molecular weight is 296 g/mol. The minimum Gasteiger partial charge on any atom is -0.256 e. The van der Waals surface area contributed by atoms with Crippen LogP contribution in [0.3, 0.4) is 0 Å². The van der Waals surface area contributed by atoms with Crippen LogP contribution in [0.15, 0.2) is 41.4 Å². The molecule has 3 nitrogen and oxygen atoms in total. The molecule has 0 amide bonds. The van der Waals surface area contributed by atoms with Crippen molar-refractivity contribution < 1.29 is 0 Å². The number of hydrogen-bond donors (Lipinski definition) is 0. The molecule has 0 atom stereocenters. The third-order valence-electron chi connectivity index (χ3n) is 2.65. The molecule has 0 aliphatic carbocycles. The van der Waals surface area contributed by atoms with E-state index in [-0.39, 0.29) is 0 Å². The number of halogens is 1. The van der Waals surface area contributed by atoms with Crippen LogP contribution in [0.4, 0.5) is 0 Å². The molecule has 0 aliphatic rings.